The SMILES string of the molecule is COOC1CN(C(=O)O[C@@H]2CC[C@]3(CO3)[C@@H]([C@@]3(C)OC3CC=C(C)C)[C@@H]2OC)C1. The van der Waals surface area contributed by atoms with E-state index in [0.717, 1.165) is 19.3 Å². The number of allylic oxidation sites excluding steroid dienone is 1. The highest BCUT2D eigenvalue weighted by atomic mass is 17.2. The van der Waals surface area contributed by atoms with Gasteiger partial charge in [-0.3, -0.25) is 0 Å². The van der Waals surface area contributed by atoms with Crippen LogP contribution in [0.25, 0.3) is 0 Å². The summed E-state index contributed by atoms with van der Waals surface area (Å²) in [6, 6.07) is 0. The lowest BCUT2D eigenvalue weighted by Gasteiger charge is -2.44. The van der Waals surface area contributed by atoms with Gasteiger partial charge < -0.3 is 23.8 Å². The summed E-state index contributed by atoms with van der Waals surface area (Å²) in [6.07, 6.45) is 3.79. The predicted octanol–water partition coefficient (Wildman–Crippen LogP) is 2.46. The third-order valence-electron chi connectivity index (χ3n) is 6.83. The summed E-state index contributed by atoms with van der Waals surface area (Å²) in [5.41, 5.74) is 0.735. The van der Waals surface area contributed by atoms with Gasteiger partial charge in [-0.25, -0.2) is 14.6 Å². The summed E-state index contributed by atoms with van der Waals surface area (Å²) in [5, 5.41) is 0. The van der Waals surface area contributed by atoms with Crippen molar-refractivity contribution in [1.82, 2.24) is 4.90 Å². The highest BCUT2D eigenvalue weighted by Crippen LogP contribution is 2.59. The molecule has 29 heavy (non-hydrogen) atoms. The summed E-state index contributed by atoms with van der Waals surface area (Å²) in [7, 11) is 3.15. The van der Waals surface area contributed by atoms with E-state index in [1.807, 2.05) is 0 Å². The van der Waals surface area contributed by atoms with Crippen molar-refractivity contribution in [2.45, 2.75) is 75.7 Å². The van der Waals surface area contributed by atoms with Gasteiger partial charge in [0.25, 0.3) is 0 Å². The van der Waals surface area contributed by atoms with Crippen molar-refractivity contribution >= 4 is 6.09 Å². The number of rotatable bonds is 7. The Balaban J connectivity index is 1.42. The Morgan fingerprint density at radius 2 is 2.00 bits per heavy atom. The second-order valence-electron chi connectivity index (χ2n) is 9.09. The van der Waals surface area contributed by atoms with E-state index in [1.165, 1.54) is 12.7 Å². The van der Waals surface area contributed by atoms with Gasteiger partial charge in [-0.15, -0.1) is 0 Å². The zero-order valence-corrected chi connectivity index (χ0v) is 18.0. The fraction of sp³-hybridized carbons (Fsp3) is 0.857. The number of hydrogen-bond donors (Lipinski definition) is 0. The van der Waals surface area contributed by atoms with Crippen LogP contribution in [0.15, 0.2) is 11.6 Å². The molecule has 3 saturated heterocycles. The number of methoxy groups -OCH3 is 1. The highest BCUT2D eigenvalue weighted by molar-refractivity contribution is 5.69. The van der Waals surface area contributed by atoms with Crippen LogP contribution in [-0.2, 0) is 28.7 Å². The fourth-order valence-corrected chi connectivity index (χ4v) is 5.06. The molecule has 0 bridgehead atoms. The van der Waals surface area contributed by atoms with Crippen LogP contribution in [0.1, 0.15) is 40.0 Å². The number of nitrogens with zero attached hydrogens (tertiary/aromatic N) is 1. The molecule has 3 heterocycles. The molecule has 8 nitrogen and oxygen atoms in total. The Morgan fingerprint density at radius 3 is 2.59 bits per heavy atom. The maximum atomic E-state index is 12.6. The number of hydrogen-bond acceptors (Lipinski definition) is 7. The van der Waals surface area contributed by atoms with Gasteiger partial charge in [0.1, 0.15) is 29.5 Å². The van der Waals surface area contributed by atoms with Crippen LogP contribution < -0.4 is 0 Å². The fourth-order valence-electron chi connectivity index (χ4n) is 5.06. The first-order valence-corrected chi connectivity index (χ1v) is 10.5. The van der Waals surface area contributed by atoms with Crippen molar-refractivity contribution in [2.24, 2.45) is 5.92 Å². The summed E-state index contributed by atoms with van der Waals surface area (Å²) in [4.78, 5) is 23.9. The molecule has 6 atom stereocenters. The average molecular weight is 411 g/mol. The molecule has 164 valence electrons. The summed E-state index contributed by atoms with van der Waals surface area (Å²) >= 11 is 0. The summed E-state index contributed by atoms with van der Waals surface area (Å²) in [5.74, 6) is 0.0306. The quantitative estimate of drug-likeness (QED) is 0.275. The lowest BCUT2D eigenvalue weighted by Crippen LogP contribution is -2.59. The Labute approximate surface area is 172 Å². The molecule has 1 unspecified atom stereocenters. The molecule has 1 aliphatic carbocycles. The van der Waals surface area contributed by atoms with Crippen LogP contribution in [0.3, 0.4) is 0 Å². The molecule has 0 aromatic rings. The molecular formula is C21H33NO7. The van der Waals surface area contributed by atoms with E-state index in [0.29, 0.717) is 19.7 Å². The Hall–Kier alpha value is -1.19. The van der Waals surface area contributed by atoms with Crippen LogP contribution in [0.2, 0.25) is 0 Å². The molecule has 1 amide bonds. The first-order chi connectivity index (χ1) is 13.8. The van der Waals surface area contributed by atoms with Gasteiger partial charge in [-0.05, 0) is 40.0 Å². The highest BCUT2D eigenvalue weighted by Gasteiger charge is 2.72. The molecule has 1 spiro atoms. The van der Waals surface area contributed by atoms with Crippen molar-refractivity contribution in [3.05, 3.63) is 11.6 Å². The first-order valence-electron chi connectivity index (χ1n) is 10.5. The third-order valence-corrected chi connectivity index (χ3v) is 6.83. The first kappa shape index (κ1) is 21.1. The molecule has 0 N–H and O–H groups in total. The predicted molar refractivity (Wildman–Crippen MR) is 103 cm³/mol. The average Bonchev–Trinajstić information content (AvgIpc) is 3.55. The van der Waals surface area contributed by atoms with Crippen LogP contribution in [0, 0.1) is 5.92 Å². The minimum atomic E-state index is -0.331. The zero-order chi connectivity index (χ0) is 20.8. The lowest BCUT2D eigenvalue weighted by atomic mass is 9.68. The molecule has 0 aromatic heterocycles. The van der Waals surface area contributed by atoms with Crippen molar-refractivity contribution < 1.29 is 33.5 Å². The van der Waals surface area contributed by atoms with Crippen molar-refractivity contribution in [3.8, 4) is 0 Å². The second kappa shape index (κ2) is 7.81. The van der Waals surface area contributed by atoms with Gasteiger partial charge in [0.15, 0.2) is 0 Å². The zero-order valence-electron chi connectivity index (χ0n) is 18.0. The number of amides is 1. The van der Waals surface area contributed by atoms with Crippen molar-refractivity contribution in [2.75, 3.05) is 33.9 Å². The second-order valence-corrected chi connectivity index (χ2v) is 9.09. The van der Waals surface area contributed by atoms with Gasteiger partial charge in [-0.1, -0.05) is 11.6 Å². The maximum Gasteiger partial charge on any atom is 0.410 e. The van der Waals surface area contributed by atoms with E-state index < -0.39 is 0 Å². The lowest BCUT2D eigenvalue weighted by molar-refractivity contribution is -0.323. The molecule has 4 aliphatic rings. The minimum absolute atomic E-state index is 0.0306. The number of ether oxygens (including phenoxy) is 4. The van der Waals surface area contributed by atoms with Crippen molar-refractivity contribution in [1.29, 1.82) is 0 Å². The number of epoxide rings is 2. The van der Waals surface area contributed by atoms with E-state index >= 15 is 0 Å². The van der Waals surface area contributed by atoms with Gasteiger partial charge >= 0.3 is 6.09 Å². The van der Waals surface area contributed by atoms with E-state index in [4.69, 9.17) is 23.8 Å². The van der Waals surface area contributed by atoms with Gasteiger partial charge in [0.2, 0.25) is 0 Å². The summed E-state index contributed by atoms with van der Waals surface area (Å²) in [6.45, 7) is 7.99. The van der Waals surface area contributed by atoms with E-state index in [9.17, 15) is 4.79 Å². The number of carbonyl (C=O) groups excluding carboxylic acids is 1. The molecule has 0 aromatic carbocycles. The maximum absolute atomic E-state index is 12.6. The molecule has 4 rings (SSSR count). The van der Waals surface area contributed by atoms with Gasteiger partial charge in [0, 0.05) is 7.11 Å². The topological polar surface area (TPSA) is 82.3 Å². The smallest absolute Gasteiger partial charge is 0.410 e. The summed E-state index contributed by atoms with van der Waals surface area (Å²) < 4.78 is 23.9. The van der Waals surface area contributed by atoms with E-state index in [-0.39, 0.29) is 47.6 Å². The van der Waals surface area contributed by atoms with Crippen LogP contribution >= 0.6 is 0 Å². The van der Waals surface area contributed by atoms with Gasteiger partial charge in [0.05, 0.1) is 38.8 Å². The monoisotopic (exact) mass is 411 g/mol. The normalized spacial score (nSPS) is 41.1. The largest absolute Gasteiger partial charge is 0.443 e. The molecule has 3 aliphatic heterocycles. The Kier molecular flexibility index (Phi) is 5.67. The van der Waals surface area contributed by atoms with E-state index in [2.05, 4.69) is 31.7 Å². The molecule has 4 fully saturated rings. The van der Waals surface area contributed by atoms with Crippen molar-refractivity contribution in [3.63, 3.8) is 0 Å². The van der Waals surface area contributed by atoms with Gasteiger partial charge in [-0.2, -0.15) is 0 Å². The van der Waals surface area contributed by atoms with Crippen LogP contribution in [0.4, 0.5) is 4.79 Å². The molecule has 8 heteroatoms. The number of likely N-dealkylation sites (tertiary alicyclic amines) is 1. The minimum Gasteiger partial charge on any atom is -0.443 e. The standard InChI is InChI=1S/C21H33NO7/c1-13(2)6-7-16-20(3,28-16)18-17(24-4)15(8-9-21(18)12-26-21)27-19(23)22-10-14(11-22)29-25-5/h6,14-18H,7-12H2,1-5H3/t15-,16?,17-,18-,20+,21+/m1/s1. The molecule has 1 saturated carbocycles. The third kappa shape index (κ3) is 3.93. The molecule has 0 radical (unpaired) electrons. The van der Waals surface area contributed by atoms with E-state index in [1.54, 1.807) is 12.0 Å². The Bertz CT molecular complexity index is 653. The molecular weight excluding hydrogens is 378 g/mol. The Morgan fingerprint density at radius 1 is 1.28 bits per heavy atom. The van der Waals surface area contributed by atoms with Crippen LogP contribution in [-0.4, -0.2) is 80.5 Å². The number of carbonyl (C=O) groups is 1. The van der Waals surface area contributed by atoms with Crippen LogP contribution in [0.5, 0.6) is 0 Å².